The molecule has 0 aliphatic heterocycles. The highest BCUT2D eigenvalue weighted by atomic mass is 16.2. The molecule has 0 spiro atoms. The van der Waals surface area contributed by atoms with Crippen molar-refractivity contribution in [2.75, 3.05) is 6.54 Å². The van der Waals surface area contributed by atoms with Crippen LogP contribution in [0.3, 0.4) is 0 Å². The molecule has 2 aliphatic carbocycles. The summed E-state index contributed by atoms with van der Waals surface area (Å²) in [6, 6.07) is 0.608. The molecule has 2 saturated carbocycles. The first-order chi connectivity index (χ1) is 8.65. The third-order valence-electron chi connectivity index (χ3n) is 3.67. The molecular formula is C13H23N3O2. The van der Waals surface area contributed by atoms with Gasteiger partial charge in [0.2, 0.25) is 11.8 Å². The Bertz CT molecular complexity index is 315. The topological polar surface area (TPSA) is 84.2 Å². The average molecular weight is 253 g/mol. The van der Waals surface area contributed by atoms with Crippen molar-refractivity contribution in [1.29, 1.82) is 0 Å². The van der Waals surface area contributed by atoms with Crippen LogP contribution < -0.4 is 16.4 Å². The molecule has 0 aromatic carbocycles. The van der Waals surface area contributed by atoms with Crippen molar-refractivity contribution in [3.63, 3.8) is 0 Å². The fourth-order valence-corrected chi connectivity index (χ4v) is 2.39. The lowest BCUT2D eigenvalue weighted by atomic mass is 10.1. The standard InChI is InChI=1S/C13H23N3O2/c14-10-4-3-9(8-10)13(18)15-7-1-2-12(17)16-11-5-6-11/h9-11H,1-8,14H2,(H,15,18)(H,16,17). The normalized spacial score (nSPS) is 26.9. The first-order valence-corrected chi connectivity index (χ1v) is 6.98. The lowest BCUT2D eigenvalue weighted by Gasteiger charge is -2.10. The molecule has 2 aliphatic rings. The van der Waals surface area contributed by atoms with E-state index in [1.165, 1.54) is 0 Å². The predicted octanol–water partition coefficient (Wildman–Crippen LogP) is 0.289. The van der Waals surface area contributed by atoms with E-state index < -0.39 is 0 Å². The zero-order valence-corrected chi connectivity index (χ0v) is 10.8. The van der Waals surface area contributed by atoms with Crippen molar-refractivity contribution >= 4 is 11.8 Å². The van der Waals surface area contributed by atoms with Crippen LogP contribution in [0.1, 0.15) is 44.9 Å². The fourth-order valence-electron chi connectivity index (χ4n) is 2.39. The van der Waals surface area contributed by atoms with Crippen LogP contribution in [-0.2, 0) is 9.59 Å². The molecule has 0 aromatic heterocycles. The Morgan fingerprint density at radius 2 is 1.94 bits per heavy atom. The van der Waals surface area contributed by atoms with Crippen molar-refractivity contribution in [3.05, 3.63) is 0 Å². The molecule has 2 unspecified atom stereocenters. The number of nitrogens with one attached hydrogen (secondary N) is 2. The number of carbonyl (C=O) groups excluding carboxylic acids is 2. The molecule has 0 aromatic rings. The number of amides is 2. The smallest absolute Gasteiger partial charge is 0.223 e. The molecule has 4 N–H and O–H groups in total. The first kappa shape index (κ1) is 13.3. The van der Waals surface area contributed by atoms with Crippen molar-refractivity contribution < 1.29 is 9.59 Å². The maximum atomic E-state index is 11.8. The molecule has 2 atom stereocenters. The van der Waals surface area contributed by atoms with Crippen LogP contribution in [0.5, 0.6) is 0 Å². The molecular weight excluding hydrogens is 230 g/mol. The van der Waals surface area contributed by atoms with Gasteiger partial charge in [0.15, 0.2) is 0 Å². The van der Waals surface area contributed by atoms with Crippen LogP contribution in [0.15, 0.2) is 0 Å². The maximum absolute atomic E-state index is 11.8. The van der Waals surface area contributed by atoms with Gasteiger partial charge in [-0.05, 0) is 38.5 Å². The summed E-state index contributed by atoms with van der Waals surface area (Å²) in [5, 5.41) is 5.83. The van der Waals surface area contributed by atoms with E-state index in [-0.39, 0.29) is 23.8 Å². The molecule has 2 rings (SSSR count). The van der Waals surface area contributed by atoms with Gasteiger partial charge in [-0.2, -0.15) is 0 Å². The molecule has 0 bridgehead atoms. The lowest BCUT2D eigenvalue weighted by molar-refractivity contribution is -0.125. The van der Waals surface area contributed by atoms with Crippen molar-refractivity contribution in [3.8, 4) is 0 Å². The van der Waals surface area contributed by atoms with Gasteiger partial charge in [0, 0.05) is 31.0 Å². The van der Waals surface area contributed by atoms with E-state index in [2.05, 4.69) is 10.6 Å². The van der Waals surface area contributed by atoms with Crippen molar-refractivity contribution in [1.82, 2.24) is 10.6 Å². The summed E-state index contributed by atoms with van der Waals surface area (Å²) in [6.07, 6.45) is 6.09. The second-order valence-electron chi connectivity index (χ2n) is 5.51. The fraction of sp³-hybridized carbons (Fsp3) is 0.846. The number of rotatable bonds is 6. The van der Waals surface area contributed by atoms with E-state index in [0.717, 1.165) is 32.1 Å². The molecule has 18 heavy (non-hydrogen) atoms. The van der Waals surface area contributed by atoms with E-state index in [1.54, 1.807) is 0 Å². The Morgan fingerprint density at radius 3 is 2.56 bits per heavy atom. The molecule has 0 radical (unpaired) electrons. The van der Waals surface area contributed by atoms with Gasteiger partial charge < -0.3 is 16.4 Å². The van der Waals surface area contributed by atoms with Gasteiger partial charge in [-0.15, -0.1) is 0 Å². The summed E-state index contributed by atoms with van der Waals surface area (Å²) >= 11 is 0. The molecule has 0 heterocycles. The van der Waals surface area contributed by atoms with Crippen molar-refractivity contribution in [2.24, 2.45) is 11.7 Å². The van der Waals surface area contributed by atoms with E-state index in [0.29, 0.717) is 25.4 Å². The van der Waals surface area contributed by atoms with Gasteiger partial charge in [-0.3, -0.25) is 9.59 Å². The Labute approximate surface area is 108 Å². The second-order valence-corrected chi connectivity index (χ2v) is 5.51. The SMILES string of the molecule is NC1CCC(C(=O)NCCCC(=O)NC2CC2)C1. The lowest BCUT2D eigenvalue weighted by Crippen LogP contribution is -2.32. The van der Waals surface area contributed by atoms with Crippen LogP contribution in [-0.4, -0.2) is 30.4 Å². The van der Waals surface area contributed by atoms with Gasteiger partial charge >= 0.3 is 0 Å². The Hall–Kier alpha value is -1.10. The predicted molar refractivity (Wildman–Crippen MR) is 68.7 cm³/mol. The second kappa shape index (κ2) is 6.18. The number of nitrogens with two attached hydrogens (primary N) is 1. The molecule has 0 saturated heterocycles. The monoisotopic (exact) mass is 253 g/mol. The number of hydrogen-bond acceptors (Lipinski definition) is 3. The molecule has 102 valence electrons. The number of carbonyl (C=O) groups is 2. The molecule has 2 amide bonds. The zero-order chi connectivity index (χ0) is 13.0. The van der Waals surface area contributed by atoms with E-state index in [4.69, 9.17) is 5.73 Å². The molecule has 2 fully saturated rings. The van der Waals surface area contributed by atoms with Crippen LogP contribution in [0.4, 0.5) is 0 Å². The van der Waals surface area contributed by atoms with E-state index in [9.17, 15) is 9.59 Å². The summed E-state index contributed by atoms with van der Waals surface area (Å²) in [5.74, 6) is 0.292. The Balaban J connectivity index is 1.51. The van der Waals surface area contributed by atoms with Crippen LogP contribution >= 0.6 is 0 Å². The third kappa shape index (κ3) is 4.29. The summed E-state index contributed by atoms with van der Waals surface area (Å²) < 4.78 is 0. The van der Waals surface area contributed by atoms with Gasteiger partial charge in [-0.1, -0.05) is 0 Å². The van der Waals surface area contributed by atoms with Gasteiger partial charge in [0.1, 0.15) is 0 Å². The minimum Gasteiger partial charge on any atom is -0.356 e. The van der Waals surface area contributed by atoms with E-state index in [1.807, 2.05) is 0 Å². The van der Waals surface area contributed by atoms with Crippen molar-refractivity contribution in [2.45, 2.75) is 57.0 Å². The summed E-state index contributed by atoms with van der Waals surface area (Å²) in [6.45, 7) is 0.586. The van der Waals surface area contributed by atoms with E-state index >= 15 is 0 Å². The van der Waals surface area contributed by atoms with Crippen LogP contribution in [0, 0.1) is 5.92 Å². The highest BCUT2D eigenvalue weighted by Crippen LogP contribution is 2.24. The largest absolute Gasteiger partial charge is 0.356 e. The average Bonchev–Trinajstić information content (AvgIpc) is 3.03. The molecule has 5 nitrogen and oxygen atoms in total. The third-order valence-corrected chi connectivity index (χ3v) is 3.67. The van der Waals surface area contributed by atoms with Gasteiger partial charge in [0.25, 0.3) is 0 Å². The summed E-state index contributed by atoms with van der Waals surface area (Å²) in [4.78, 5) is 23.2. The Kier molecular flexibility index (Phi) is 4.58. The molecule has 5 heteroatoms. The van der Waals surface area contributed by atoms with Crippen LogP contribution in [0.2, 0.25) is 0 Å². The van der Waals surface area contributed by atoms with Gasteiger partial charge in [-0.25, -0.2) is 0 Å². The summed E-state index contributed by atoms with van der Waals surface area (Å²) in [7, 11) is 0. The quantitative estimate of drug-likeness (QED) is 0.595. The minimum absolute atomic E-state index is 0.0836. The van der Waals surface area contributed by atoms with Gasteiger partial charge in [0.05, 0.1) is 0 Å². The summed E-state index contributed by atoms with van der Waals surface area (Å²) in [5.41, 5.74) is 5.78. The minimum atomic E-state index is 0.0836. The highest BCUT2D eigenvalue weighted by Gasteiger charge is 2.27. The zero-order valence-electron chi connectivity index (χ0n) is 10.8. The Morgan fingerprint density at radius 1 is 1.17 bits per heavy atom. The first-order valence-electron chi connectivity index (χ1n) is 6.98. The maximum Gasteiger partial charge on any atom is 0.223 e. The van der Waals surface area contributed by atoms with Crippen LogP contribution in [0.25, 0.3) is 0 Å². The number of hydrogen-bond donors (Lipinski definition) is 3. The highest BCUT2D eigenvalue weighted by molar-refractivity contribution is 5.79.